The highest BCUT2D eigenvalue weighted by atomic mass is 32.1. The number of carbonyl (C=O) groups is 1. The van der Waals surface area contributed by atoms with Crippen LogP contribution in [0.3, 0.4) is 0 Å². The van der Waals surface area contributed by atoms with E-state index >= 15 is 0 Å². The van der Waals surface area contributed by atoms with Gasteiger partial charge in [-0.15, -0.1) is 11.3 Å². The molecule has 3 aromatic carbocycles. The summed E-state index contributed by atoms with van der Waals surface area (Å²) in [4.78, 5) is 16.7. The van der Waals surface area contributed by atoms with E-state index in [-0.39, 0.29) is 17.8 Å². The van der Waals surface area contributed by atoms with E-state index < -0.39 is 0 Å². The van der Waals surface area contributed by atoms with Crippen molar-refractivity contribution < 1.29 is 9.18 Å². The second-order valence-corrected chi connectivity index (χ2v) is 8.45. The first kappa shape index (κ1) is 18.8. The molecule has 1 aliphatic heterocycles. The Morgan fingerprint density at radius 3 is 2.30 bits per heavy atom. The number of hydrogen-bond donors (Lipinski definition) is 0. The minimum atomic E-state index is -0.269. The van der Waals surface area contributed by atoms with Crippen LogP contribution in [0.5, 0.6) is 0 Å². The molecule has 2 heterocycles. The smallest absolute Gasteiger partial charge is 0.254 e. The van der Waals surface area contributed by atoms with Crippen molar-refractivity contribution >= 4 is 17.2 Å². The van der Waals surface area contributed by atoms with Gasteiger partial charge in [-0.1, -0.05) is 54.6 Å². The van der Waals surface area contributed by atoms with Gasteiger partial charge in [-0.3, -0.25) is 4.79 Å². The zero-order valence-electron chi connectivity index (χ0n) is 16.3. The maximum atomic E-state index is 13.5. The number of benzene rings is 3. The Morgan fingerprint density at radius 2 is 1.57 bits per heavy atom. The topological polar surface area (TPSA) is 20.3 Å². The number of halogens is 1. The summed E-state index contributed by atoms with van der Waals surface area (Å²) in [5, 5.41) is 2.07. The maximum Gasteiger partial charge on any atom is 0.254 e. The van der Waals surface area contributed by atoms with Gasteiger partial charge in [0.1, 0.15) is 5.82 Å². The largest absolute Gasteiger partial charge is 0.327 e. The van der Waals surface area contributed by atoms with Crippen LogP contribution in [0.25, 0.3) is 11.1 Å². The molecule has 0 radical (unpaired) electrons. The van der Waals surface area contributed by atoms with Crippen molar-refractivity contribution in [2.45, 2.75) is 12.5 Å². The van der Waals surface area contributed by atoms with Gasteiger partial charge in [0, 0.05) is 17.0 Å². The Kier molecular flexibility index (Phi) is 4.93. The van der Waals surface area contributed by atoms with E-state index in [1.807, 2.05) is 47.4 Å². The number of fused-ring (bicyclic) bond motifs is 1. The summed E-state index contributed by atoms with van der Waals surface area (Å²) in [5.74, 6) is -0.268. The third kappa shape index (κ3) is 3.44. The maximum absolute atomic E-state index is 13.5. The van der Waals surface area contributed by atoms with Crippen molar-refractivity contribution in [3.8, 4) is 11.1 Å². The third-order valence-electron chi connectivity index (χ3n) is 5.65. The minimum Gasteiger partial charge on any atom is -0.327 e. The quantitative estimate of drug-likeness (QED) is 0.384. The second-order valence-electron chi connectivity index (χ2n) is 7.45. The number of rotatable bonds is 3. The first-order chi connectivity index (χ1) is 14.7. The molecule has 4 aromatic rings. The van der Waals surface area contributed by atoms with Crippen molar-refractivity contribution in [1.82, 2.24) is 4.90 Å². The van der Waals surface area contributed by atoms with Crippen molar-refractivity contribution in [1.29, 1.82) is 0 Å². The lowest BCUT2D eigenvalue weighted by atomic mass is 9.92. The molecule has 5 rings (SSSR count). The van der Waals surface area contributed by atoms with Crippen molar-refractivity contribution in [2.24, 2.45) is 0 Å². The second kappa shape index (κ2) is 7.88. The summed E-state index contributed by atoms with van der Waals surface area (Å²) in [6.07, 6.45) is 0.846. The molecule has 1 aliphatic rings. The first-order valence-corrected chi connectivity index (χ1v) is 10.9. The third-order valence-corrected chi connectivity index (χ3v) is 6.65. The van der Waals surface area contributed by atoms with Gasteiger partial charge in [0.15, 0.2) is 0 Å². The van der Waals surface area contributed by atoms with Gasteiger partial charge in [-0.05, 0) is 64.4 Å². The van der Waals surface area contributed by atoms with Gasteiger partial charge in [0.05, 0.1) is 6.04 Å². The van der Waals surface area contributed by atoms with Crippen LogP contribution in [0.4, 0.5) is 4.39 Å². The van der Waals surface area contributed by atoms with E-state index in [9.17, 15) is 9.18 Å². The number of amides is 1. The Morgan fingerprint density at radius 1 is 0.867 bits per heavy atom. The normalized spacial score (nSPS) is 15.6. The molecule has 30 heavy (non-hydrogen) atoms. The van der Waals surface area contributed by atoms with Crippen molar-refractivity contribution in [3.63, 3.8) is 0 Å². The number of hydrogen-bond acceptors (Lipinski definition) is 2. The zero-order chi connectivity index (χ0) is 20.5. The van der Waals surface area contributed by atoms with Crippen LogP contribution in [0.2, 0.25) is 0 Å². The monoisotopic (exact) mass is 413 g/mol. The van der Waals surface area contributed by atoms with Crippen LogP contribution in [-0.4, -0.2) is 17.4 Å². The molecule has 0 saturated heterocycles. The molecular formula is C26H20FNOS. The number of carbonyl (C=O) groups excluding carboxylic acids is 1. The van der Waals surface area contributed by atoms with Crippen LogP contribution in [0, 0.1) is 5.82 Å². The molecule has 0 unspecified atom stereocenters. The van der Waals surface area contributed by atoms with Gasteiger partial charge in [0.25, 0.3) is 5.91 Å². The lowest BCUT2D eigenvalue weighted by molar-refractivity contribution is 0.0696. The van der Waals surface area contributed by atoms with Gasteiger partial charge in [-0.2, -0.15) is 0 Å². The molecule has 1 aromatic heterocycles. The van der Waals surface area contributed by atoms with E-state index in [0.29, 0.717) is 12.1 Å². The van der Waals surface area contributed by atoms with Crippen LogP contribution < -0.4 is 0 Å². The molecule has 1 amide bonds. The van der Waals surface area contributed by atoms with E-state index in [1.165, 1.54) is 17.0 Å². The predicted octanol–water partition coefficient (Wildman–Crippen LogP) is 6.34. The summed E-state index contributed by atoms with van der Waals surface area (Å²) in [5.41, 5.74) is 4.96. The van der Waals surface area contributed by atoms with Crippen LogP contribution >= 0.6 is 11.3 Å². The summed E-state index contributed by atoms with van der Waals surface area (Å²) >= 11 is 1.72. The molecule has 0 bridgehead atoms. The molecule has 0 fully saturated rings. The molecule has 0 saturated carbocycles. The van der Waals surface area contributed by atoms with Gasteiger partial charge in [-0.25, -0.2) is 4.39 Å². The van der Waals surface area contributed by atoms with E-state index in [1.54, 1.807) is 23.5 Å². The molecule has 0 spiro atoms. The summed E-state index contributed by atoms with van der Waals surface area (Å²) < 4.78 is 13.5. The number of nitrogens with zero attached hydrogens (tertiary/aromatic N) is 1. The summed E-state index contributed by atoms with van der Waals surface area (Å²) in [6.45, 7) is 0.648. The fraction of sp³-hybridized carbons (Fsp3) is 0.115. The first-order valence-electron chi connectivity index (χ1n) is 9.99. The van der Waals surface area contributed by atoms with Gasteiger partial charge >= 0.3 is 0 Å². The van der Waals surface area contributed by atoms with E-state index in [4.69, 9.17) is 0 Å². The molecule has 148 valence electrons. The molecule has 4 heteroatoms. The highest BCUT2D eigenvalue weighted by Crippen LogP contribution is 2.38. The fourth-order valence-electron chi connectivity index (χ4n) is 4.14. The molecular weight excluding hydrogens is 393 g/mol. The van der Waals surface area contributed by atoms with E-state index in [0.717, 1.165) is 28.7 Å². The fourth-order valence-corrected chi connectivity index (χ4v) is 5.05. The Hall–Kier alpha value is -3.24. The Balaban J connectivity index is 1.48. The minimum absolute atomic E-state index is 0.000728. The van der Waals surface area contributed by atoms with Crippen LogP contribution in [0.15, 0.2) is 90.3 Å². The summed E-state index contributed by atoms with van der Waals surface area (Å²) in [7, 11) is 0. The lowest BCUT2D eigenvalue weighted by Gasteiger charge is -2.36. The Bertz CT molecular complexity index is 1170. The molecule has 0 aliphatic carbocycles. The predicted molar refractivity (Wildman–Crippen MR) is 119 cm³/mol. The van der Waals surface area contributed by atoms with Crippen LogP contribution in [0.1, 0.15) is 32.4 Å². The van der Waals surface area contributed by atoms with Crippen molar-refractivity contribution in [2.75, 3.05) is 6.54 Å². The highest BCUT2D eigenvalue weighted by Gasteiger charge is 2.33. The number of thiophene rings is 1. The SMILES string of the molecule is O=C(c1ccc(-c2ccccc2)cc1)N1CCc2sccc2[C@@H]1c1ccc(F)cc1. The van der Waals surface area contributed by atoms with Crippen LogP contribution in [-0.2, 0) is 6.42 Å². The average molecular weight is 414 g/mol. The zero-order valence-corrected chi connectivity index (χ0v) is 17.1. The van der Waals surface area contributed by atoms with Crippen molar-refractivity contribution in [3.05, 3.63) is 118 Å². The molecule has 0 N–H and O–H groups in total. The summed E-state index contributed by atoms with van der Waals surface area (Å²) in [6, 6.07) is 26.3. The molecule has 2 nitrogen and oxygen atoms in total. The average Bonchev–Trinajstić information content (AvgIpc) is 3.28. The molecule has 1 atom stereocenters. The van der Waals surface area contributed by atoms with Gasteiger partial charge in [0.2, 0.25) is 0 Å². The standard InChI is InChI=1S/C26H20FNOS/c27-22-12-10-20(11-13-22)25-23-15-17-30-24(23)14-16-28(25)26(29)21-8-6-19(7-9-21)18-4-2-1-3-5-18/h1-13,15,17,25H,14,16H2/t25-/m0/s1. The van der Waals surface area contributed by atoms with E-state index in [2.05, 4.69) is 23.6 Å². The lowest BCUT2D eigenvalue weighted by Crippen LogP contribution is -2.40. The highest BCUT2D eigenvalue weighted by molar-refractivity contribution is 7.10. The van der Waals surface area contributed by atoms with Gasteiger partial charge < -0.3 is 4.90 Å². The Labute approximate surface area is 179 Å².